The van der Waals surface area contributed by atoms with Crippen LogP contribution in [0.15, 0.2) is 83.4 Å². The SMILES string of the molecule is Cc1ncccc1-c1ccc2oc3ccc(-c4c[c]ccc4)cc3c2c1. The minimum atomic E-state index is 0.905. The summed E-state index contributed by atoms with van der Waals surface area (Å²) >= 11 is 0. The van der Waals surface area contributed by atoms with Crippen molar-refractivity contribution in [3.63, 3.8) is 0 Å². The van der Waals surface area contributed by atoms with Crippen molar-refractivity contribution in [3.8, 4) is 22.3 Å². The van der Waals surface area contributed by atoms with E-state index in [-0.39, 0.29) is 0 Å². The van der Waals surface area contributed by atoms with E-state index in [1.807, 2.05) is 49.5 Å². The number of benzene rings is 3. The smallest absolute Gasteiger partial charge is 0.135 e. The molecule has 2 heterocycles. The molecule has 2 aromatic heterocycles. The van der Waals surface area contributed by atoms with E-state index >= 15 is 0 Å². The zero-order valence-corrected chi connectivity index (χ0v) is 14.4. The number of fused-ring (bicyclic) bond motifs is 3. The van der Waals surface area contributed by atoms with Crippen LogP contribution in [0.4, 0.5) is 0 Å². The van der Waals surface area contributed by atoms with Crippen molar-refractivity contribution < 1.29 is 4.42 Å². The van der Waals surface area contributed by atoms with Crippen LogP contribution in [0.3, 0.4) is 0 Å². The van der Waals surface area contributed by atoms with Crippen LogP contribution in [-0.4, -0.2) is 4.98 Å². The molecule has 3 aromatic carbocycles. The van der Waals surface area contributed by atoms with Gasteiger partial charge < -0.3 is 4.42 Å². The molecule has 5 rings (SSSR count). The standard InChI is InChI=1S/C24H16NO/c1-16-20(8-5-13-25-16)19-10-12-24-22(15-19)21-14-18(9-11-23(21)26-24)17-6-3-2-4-7-17/h2-3,5-15H,1H3. The summed E-state index contributed by atoms with van der Waals surface area (Å²) < 4.78 is 6.04. The fourth-order valence-electron chi connectivity index (χ4n) is 3.49. The van der Waals surface area contributed by atoms with Crippen LogP contribution >= 0.6 is 0 Å². The van der Waals surface area contributed by atoms with Crippen molar-refractivity contribution in [1.82, 2.24) is 4.98 Å². The molecular formula is C24H16NO. The second-order valence-corrected chi connectivity index (χ2v) is 6.45. The van der Waals surface area contributed by atoms with Crippen molar-refractivity contribution in [2.24, 2.45) is 0 Å². The molecule has 26 heavy (non-hydrogen) atoms. The molecule has 0 spiro atoms. The molecule has 0 unspecified atom stereocenters. The quantitative estimate of drug-likeness (QED) is 0.372. The van der Waals surface area contributed by atoms with Crippen molar-refractivity contribution in [3.05, 3.63) is 90.8 Å². The van der Waals surface area contributed by atoms with Crippen molar-refractivity contribution in [2.75, 3.05) is 0 Å². The van der Waals surface area contributed by atoms with E-state index in [2.05, 4.69) is 47.4 Å². The zero-order chi connectivity index (χ0) is 17.5. The molecule has 0 aliphatic rings. The fourth-order valence-corrected chi connectivity index (χ4v) is 3.49. The molecule has 0 saturated heterocycles. The van der Waals surface area contributed by atoms with Crippen molar-refractivity contribution in [1.29, 1.82) is 0 Å². The summed E-state index contributed by atoms with van der Waals surface area (Å²) in [5.41, 5.74) is 7.47. The number of pyridine rings is 1. The normalized spacial score (nSPS) is 11.3. The Morgan fingerprint density at radius 1 is 0.808 bits per heavy atom. The van der Waals surface area contributed by atoms with Crippen LogP contribution in [0.2, 0.25) is 0 Å². The third-order valence-electron chi connectivity index (χ3n) is 4.83. The Balaban J connectivity index is 1.74. The van der Waals surface area contributed by atoms with Crippen LogP contribution in [0.5, 0.6) is 0 Å². The second kappa shape index (κ2) is 5.85. The summed E-state index contributed by atoms with van der Waals surface area (Å²) in [6, 6.07) is 28.0. The molecule has 0 atom stereocenters. The minimum Gasteiger partial charge on any atom is -0.456 e. The lowest BCUT2D eigenvalue weighted by Gasteiger charge is -2.05. The molecular weight excluding hydrogens is 318 g/mol. The van der Waals surface area contributed by atoms with Gasteiger partial charge in [0.1, 0.15) is 11.2 Å². The maximum atomic E-state index is 6.04. The number of rotatable bonds is 2. The summed E-state index contributed by atoms with van der Waals surface area (Å²) in [6.07, 6.45) is 1.83. The molecule has 0 aliphatic carbocycles. The van der Waals surface area contributed by atoms with E-state index in [9.17, 15) is 0 Å². The Morgan fingerprint density at radius 2 is 1.58 bits per heavy atom. The maximum absolute atomic E-state index is 6.04. The number of hydrogen-bond acceptors (Lipinski definition) is 2. The molecule has 1 radical (unpaired) electrons. The zero-order valence-electron chi connectivity index (χ0n) is 14.4. The summed E-state index contributed by atoms with van der Waals surface area (Å²) in [5.74, 6) is 0. The summed E-state index contributed by atoms with van der Waals surface area (Å²) in [7, 11) is 0. The minimum absolute atomic E-state index is 0.905. The highest BCUT2D eigenvalue weighted by atomic mass is 16.3. The van der Waals surface area contributed by atoms with Crippen LogP contribution in [0.1, 0.15) is 5.69 Å². The number of furan rings is 1. The van der Waals surface area contributed by atoms with Crippen LogP contribution in [-0.2, 0) is 0 Å². The van der Waals surface area contributed by atoms with E-state index in [0.717, 1.165) is 44.3 Å². The average molecular weight is 334 g/mol. The fraction of sp³-hybridized carbons (Fsp3) is 0.0417. The van der Waals surface area contributed by atoms with Gasteiger partial charge in [0.15, 0.2) is 0 Å². The topological polar surface area (TPSA) is 26.0 Å². The lowest BCUT2D eigenvalue weighted by Crippen LogP contribution is -1.86. The Bertz CT molecular complexity index is 1240. The van der Waals surface area contributed by atoms with Crippen LogP contribution in [0.25, 0.3) is 44.2 Å². The Morgan fingerprint density at radius 3 is 2.31 bits per heavy atom. The number of aromatic nitrogens is 1. The summed E-state index contributed by atoms with van der Waals surface area (Å²) in [5, 5.41) is 2.26. The molecule has 0 amide bonds. The Hall–Kier alpha value is -3.39. The lowest BCUT2D eigenvalue weighted by molar-refractivity contribution is 0.669. The summed E-state index contributed by atoms with van der Waals surface area (Å²) in [6.45, 7) is 2.04. The van der Waals surface area contributed by atoms with Gasteiger partial charge in [0, 0.05) is 28.2 Å². The Labute approximate surface area is 151 Å². The molecule has 123 valence electrons. The van der Waals surface area contributed by atoms with E-state index in [1.54, 1.807) is 0 Å². The van der Waals surface area contributed by atoms with Gasteiger partial charge >= 0.3 is 0 Å². The first-order valence-electron chi connectivity index (χ1n) is 8.64. The van der Waals surface area contributed by atoms with E-state index in [0.29, 0.717) is 0 Å². The molecule has 5 aromatic rings. The van der Waals surface area contributed by atoms with E-state index in [4.69, 9.17) is 4.42 Å². The summed E-state index contributed by atoms with van der Waals surface area (Å²) in [4.78, 5) is 4.41. The third-order valence-corrected chi connectivity index (χ3v) is 4.83. The first-order chi connectivity index (χ1) is 12.8. The van der Waals surface area contributed by atoms with Gasteiger partial charge in [0.2, 0.25) is 0 Å². The monoisotopic (exact) mass is 334 g/mol. The molecule has 0 bridgehead atoms. The van der Waals surface area contributed by atoms with Gasteiger partial charge in [-0.2, -0.15) is 0 Å². The first-order valence-corrected chi connectivity index (χ1v) is 8.64. The predicted octanol–water partition coefficient (Wildman–Crippen LogP) is 6.42. The molecule has 0 saturated carbocycles. The van der Waals surface area contributed by atoms with Crippen LogP contribution < -0.4 is 0 Å². The van der Waals surface area contributed by atoms with E-state index < -0.39 is 0 Å². The molecule has 2 heteroatoms. The maximum Gasteiger partial charge on any atom is 0.135 e. The van der Waals surface area contributed by atoms with Gasteiger partial charge in [0.25, 0.3) is 0 Å². The van der Waals surface area contributed by atoms with Gasteiger partial charge in [-0.1, -0.05) is 36.4 Å². The molecule has 2 nitrogen and oxygen atoms in total. The second-order valence-electron chi connectivity index (χ2n) is 6.45. The van der Waals surface area contributed by atoms with Gasteiger partial charge in [-0.05, 0) is 66.1 Å². The van der Waals surface area contributed by atoms with Crippen molar-refractivity contribution >= 4 is 21.9 Å². The van der Waals surface area contributed by atoms with Gasteiger partial charge in [0.05, 0.1) is 0 Å². The van der Waals surface area contributed by atoms with Crippen molar-refractivity contribution in [2.45, 2.75) is 6.92 Å². The van der Waals surface area contributed by atoms with Gasteiger partial charge in [-0.15, -0.1) is 0 Å². The van der Waals surface area contributed by atoms with Crippen LogP contribution in [0, 0.1) is 13.0 Å². The first kappa shape index (κ1) is 14.9. The molecule has 0 aliphatic heterocycles. The van der Waals surface area contributed by atoms with Gasteiger partial charge in [-0.3, -0.25) is 4.98 Å². The Kier molecular flexibility index (Phi) is 3.36. The highest BCUT2D eigenvalue weighted by molar-refractivity contribution is 6.07. The number of aryl methyl sites for hydroxylation is 1. The highest BCUT2D eigenvalue weighted by Gasteiger charge is 2.11. The number of nitrogens with zero attached hydrogens (tertiary/aromatic N) is 1. The predicted molar refractivity (Wildman–Crippen MR) is 106 cm³/mol. The molecule has 0 fully saturated rings. The van der Waals surface area contributed by atoms with Gasteiger partial charge in [-0.25, -0.2) is 0 Å². The number of hydrogen-bond donors (Lipinski definition) is 0. The van der Waals surface area contributed by atoms with E-state index in [1.165, 1.54) is 5.56 Å². The lowest BCUT2D eigenvalue weighted by atomic mass is 10.00. The largest absolute Gasteiger partial charge is 0.456 e. The highest BCUT2D eigenvalue weighted by Crippen LogP contribution is 2.35. The average Bonchev–Trinajstić information content (AvgIpc) is 3.06. The molecule has 0 N–H and O–H groups in total. The third kappa shape index (κ3) is 2.39.